The number of nitrogens with one attached hydrogen (secondary N) is 1. The fourth-order valence-electron chi connectivity index (χ4n) is 1.72. The second kappa shape index (κ2) is 7.72. The molecule has 3 heteroatoms. The summed E-state index contributed by atoms with van der Waals surface area (Å²) in [7, 11) is 0. The van der Waals surface area contributed by atoms with Gasteiger partial charge in [0, 0.05) is 11.3 Å². The van der Waals surface area contributed by atoms with Gasteiger partial charge in [-0.3, -0.25) is 4.79 Å². The summed E-state index contributed by atoms with van der Waals surface area (Å²) in [5.41, 5.74) is 5.46. The zero-order valence-corrected chi connectivity index (χ0v) is 12.4. The van der Waals surface area contributed by atoms with Crippen LogP contribution in [0.3, 0.4) is 0 Å². The van der Waals surface area contributed by atoms with Gasteiger partial charge in [-0.1, -0.05) is 39.3 Å². The van der Waals surface area contributed by atoms with Gasteiger partial charge in [0.2, 0.25) is 0 Å². The molecule has 1 N–H and O–H groups in total. The Morgan fingerprint density at radius 1 is 1.26 bits per heavy atom. The second-order valence-electron chi connectivity index (χ2n) is 5.17. The molecule has 0 aromatic heterocycles. The third-order valence-corrected chi connectivity index (χ3v) is 3.08. The molecule has 0 saturated heterocycles. The van der Waals surface area contributed by atoms with Crippen LogP contribution < -0.4 is 5.43 Å². The number of hydrogen-bond acceptors (Lipinski definition) is 2. The van der Waals surface area contributed by atoms with Crippen LogP contribution in [0.5, 0.6) is 0 Å². The van der Waals surface area contributed by atoms with Crippen molar-refractivity contribution >= 4 is 11.6 Å². The van der Waals surface area contributed by atoms with Crippen molar-refractivity contribution in [2.75, 3.05) is 0 Å². The van der Waals surface area contributed by atoms with E-state index in [0.717, 1.165) is 25.0 Å². The highest BCUT2D eigenvalue weighted by molar-refractivity contribution is 5.95. The molecule has 1 rings (SSSR count). The van der Waals surface area contributed by atoms with E-state index in [1.54, 1.807) is 0 Å². The number of nitrogens with zero attached hydrogens (tertiary/aromatic N) is 1. The van der Waals surface area contributed by atoms with Crippen LogP contribution in [-0.4, -0.2) is 11.6 Å². The van der Waals surface area contributed by atoms with Gasteiger partial charge in [-0.25, -0.2) is 5.43 Å². The van der Waals surface area contributed by atoms with Crippen LogP contribution in [0.25, 0.3) is 0 Å². The first-order valence-electron chi connectivity index (χ1n) is 6.98. The van der Waals surface area contributed by atoms with E-state index in [4.69, 9.17) is 0 Å². The summed E-state index contributed by atoms with van der Waals surface area (Å²) in [6, 6.07) is 7.68. The third kappa shape index (κ3) is 5.25. The maximum absolute atomic E-state index is 11.9. The molecule has 1 aromatic carbocycles. The Balaban J connectivity index is 2.58. The van der Waals surface area contributed by atoms with E-state index >= 15 is 0 Å². The van der Waals surface area contributed by atoms with Crippen LogP contribution >= 0.6 is 0 Å². The first kappa shape index (κ1) is 15.4. The lowest BCUT2D eigenvalue weighted by atomic mass is 10.0. The average molecular weight is 260 g/mol. The summed E-state index contributed by atoms with van der Waals surface area (Å²) in [5, 5.41) is 4.11. The van der Waals surface area contributed by atoms with Gasteiger partial charge in [-0.15, -0.1) is 0 Å². The molecule has 1 amide bonds. The molecular weight excluding hydrogens is 236 g/mol. The average Bonchev–Trinajstić information content (AvgIpc) is 2.42. The van der Waals surface area contributed by atoms with Crippen LogP contribution in [0.15, 0.2) is 29.4 Å². The smallest absolute Gasteiger partial charge is 0.267 e. The summed E-state index contributed by atoms with van der Waals surface area (Å²) in [6.07, 6.45) is 3.18. The molecule has 3 nitrogen and oxygen atoms in total. The van der Waals surface area contributed by atoms with Gasteiger partial charge in [0.15, 0.2) is 0 Å². The predicted octanol–water partition coefficient (Wildman–Crippen LogP) is 4.11. The third-order valence-electron chi connectivity index (χ3n) is 3.08. The zero-order valence-electron chi connectivity index (χ0n) is 12.4. The van der Waals surface area contributed by atoms with Gasteiger partial charge in [-0.05, 0) is 43.4 Å². The van der Waals surface area contributed by atoms with E-state index in [1.165, 1.54) is 5.56 Å². The first-order chi connectivity index (χ1) is 9.04. The highest BCUT2D eigenvalue weighted by Gasteiger charge is 2.05. The Bertz CT molecular complexity index is 433. The number of benzene rings is 1. The van der Waals surface area contributed by atoms with E-state index in [0.29, 0.717) is 11.5 Å². The van der Waals surface area contributed by atoms with Crippen molar-refractivity contribution in [3.8, 4) is 0 Å². The van der Waals surface area contributed by atoms with Gasteiger partial charge in [0.25, 0.3) is 5.91 Å². The minimum atomic E-state index is -0.147. The molecule has 0 heterocycles. The molecule has 0 aliphatic heterocycles. The van der Waals surface area contributed by atoms with Crippen LogP contribution in [0.2, 0.25) is 0 Å². The largest absolute Gasteiger partial charge is 0.271 e. The van der Waals surface area contributed by atoms with Crippen LogP contribution in [-0.2, 0) is 0 Å². The molecular formula is C16H24N2O. The number of rotatable bonds is 6. The Hall–Kier alpha value is -1.64. The first-order valence-corrected chi connectivity index (χ1v) is 6.98. The van der Waals surface area contributed by atoms with Gasteiger partial charge in [0.1, 0.15) is 0 Å². The fraction of sp³-hybridized carbons (Fsp3) is 0.500. The predicted molar refractivity (Wildman–Crippen MR) is 80.6 cm³/mol. The molecule has 0 aliphatic rings. The minimum absolute atomic E-state index is 0.147. The lowest BCUT2D eigenvalue weighted by molar-refractivity contribution is 0.0954. The summed E-state index contributed by atoms with van der Waals surface area (Å²) in [4.78, 5) is 11.9. The van der Waals surface area contributed by atoms with Crippen LogP contribution in [0.1, 0.15) is 68.8 Å². The molecule has 19 heavy (non-hydrogen) atoms. The Kier molecular flexibility index (Phi) is 6.26. The van der Waals surface area contributed by atoms with Gasteiger partial charge < -0.3 is 0 Å². The highest BCUT2D eigenvalue weighted by atomic mass is 16.2. The van der Waals surface area contributed by atoms with Crippen molar-refractivity contribution in [1.82, 2.24) is 5.43 Å². The number of unbranched alkanes of at least 4 members (excludes halogenated alkanes) is 1. The Morgan fingerprint density at radius 3 is 2.42 bits per heavy atom. The molecule has 0 atom stereocenters. The molecule has 0 bridgehead atoms. The van der Waals surface area contributed by atoms with Gasteiger partial charge in [-0.2, -0.15) is 5.10 Å². The summed E-state index contributed by atoms with van der Waals surface area (Å²) < 4.78 is 0. The van der Waals surface area contributed by atoms with Crippen LogP contribution in [0, 0.1) is 0 Å². The summed E-state index contributed by atoms with van der Waals surface area (Å²) >= 11 is 0. The zero-order chi connectivity index (χ0) is 14.3. The molecule has 1 aromatic rings. The standard InChI is InChI=1S/C16H24N2O/c1-5-6-7-13(4)17-18-16(19)15-10-8-14(9-11-15)12(2)3/h8-12H,5-7H2,1-4H3,(H,18,19)/b17-13-. The monoisotopic (exact) mass is 260 g/mol. The van der Waals surface area contributed by atoms with Crippen LogP contribution in [0.4, 0.5) is 0 Å². The topological polar surface area (TPSA) is 41.5 Å². The fourth-order valence-corrected chi connectivity index (χ4v) is 1.72. The second-order valence-corrected chi connectivity index (χ2v) is 5.17. The molecule has 104 valence electrons. The maximum atomic E-state index is 11.9. The quantitative estimate of drug-likeness (QED) is 0.607. The van der Waals surface area contributed by atoms with E-state index in [1.807, 2.05) is 31.2 Å². The van der Waals surface area contributed by atoms with Crippen molar-refractivity contribution in [2.45, 2.75) is 52.9 Å². The minimum Gasteiger partial charge on any atom is -0.267 e. The molecule has 0 radical (unpaired) electrons. The van der Waals surface area contributed by atoms with Crippen molar-refractivity contribution in [3.63, 3.8) is 0 Å². The SMILES string of the molecule is CCCC/C(C)=N\NC(=O)c1ccc(C(C)C)cc1. The van der Waals surface area contributed by atoms with E-state index < -0.39 is 0 Å². The number of amides is 1. The Morgan fingerprint density at radius 2 is 1.89 bits per heavy atom. The lowest BCUT2D eigenvalue weighted by Crippen LogP contribution is -2.19. The van der Waals surface area contributed by atoms with Crippen molar-refractivity contribution in [1.29, 1.82) is 0 Å². The Labute approximate surface area is 116 Å². The van der Waals surface area contributed by atoms with Crippen molar-refractivity contribution < 1.29 is 4.79 Å². The summed E-state index contributed by atoms with van der Waals surface area (Å²) in [6.45, 7) is 8.35. The molecule has 0 fully saturated rings. The molecule has 0 spiro atoms. The highest BCUT2D eigenvalue weighted by Crippen LogP contribution is 2.14. The van der Waals surface area contributed by atoms with E-state index in [-0.39, 0.29) is 5.91 Å². The normalized spacial score (nSPS) is 11.7. The molecule has 0 unspecified atom stereocenters. The van der Waals surface area contributed by atoms with E-state index in [2.05, 4.69) is 31.3 Å². The summed E-state index contributed by atoms with van der Waals surface area (Å²) in [5.74, 6) is 0.331. The lowest BCUT2D eigenvalue weighted by Gasteiger charge is -2.06. The molecule has 0 aliphatic carbocycles. The van der Waals surface area contributed by atoms with Gasteiger partial charge in [0.05, 0.1) is 0 Å². The number of carbonyl (C=O) groups is 1. The number of carbonyl (C=O) groups excluding carboxylic acids is 1. The van der Waals surface area contributed by atoms with Crippen molar-refractivity contribution in [2.24, 2.45) is 5.10 Å². The van der Waals surface area contributed by atoms with E-state index in [9.17, 15) is 4.79 Å². The number of hydrazone groups is 1. The molecule has 0 saturated carbocycles. The maximum Gasteiger partial charge on any atom is 0.271 e. The van der Waals surface area contributed by atoms with Crippen molar-refractivity contribution in [3.05, 3.63) is 35.4 Å². The number of hydrogen-bond donors (Lipinski definition) is 1. The van der Waals surface area contributed by atoms with Gasteiger partial charge >= 0.3 is 0 Å².